The summed E-state index contributed by atoms with van der Waals surface area (Å²) < 4.78 is 36.3. The van der Waals surface area contributed by atoms with Crippen molar-refractivity contribution >= 4 is 27.3 Å². The van der Waals surface area contributed by atoms with Gasteiger partial charge in [-0.25, -0.2) is 8.42 Å². The monoisotopic (exact) mass is 378 g/mol. The maximum atomic E-state index is 12.5. The first kappa shape index (κ1) is 19.6. The number of rotatable bonds is 8. The first-order valence-corrected chi connectivity index (χ1v) is 9.59. The number of benzene rings is 2. The highest BCUT2D eigenvalue weighted by Crippen LogP contribution is 2.25. The average molecular weight is 378 g/mol. The van der Waals surface area contributed by atoms with Crippen molar-refractivity contribution < 1.29 is 22.7 Å². The van der Waals surface area contributed by atoms with E-state index in [0.29, 0.717) is 22.9 Å². The summed E-state index contributed by atoms with van der Waals surface area (Å²) in [5, 5.41) is 2.69. The summed E-state index contributed by atoms with van der Waals surface area (Å²) in [6.45, 7) is 1.19. The van der Waals surface area contributed by atoms with Crippen LogP contribution in [0, 0.1) is 0 Å². The number of para-hydroxylation sites is 2. The highest BCUT2D eigenvalue weighted by molar-refractivity contribution is 7.92. The Morgan fingerprint density at radius 2 is 1.69 bits per heavy atom. The Hall–Kier alpha value is -2.74. The lowest BCUT2D eigenvalue weighted by atomic mass is 10.3. The number of ether oxygens (including phenoxy) is 2. The first-order chi connectivity index (χ1) is 12.4. The van der Waals surface area contributed by atoms with Gasteiger partial charge in [-0.05, 0) is 43.3 Å². The van der Waals surface area contributed by atoms with Gasteiger partial charge in [0.05, 0.1) is 31.3 Å². The highest BCUT2D eigenvalue weighted by Gasteiger charge is 2.24. The van der Waals surface area contributed by atoms with Crippen LogP contribution in [0.15, 0.2) is 48.5 Å². The number of hydrogen-bond acceptors (Lipinski definition) is 5. The Labute approximate surface area is 153 Å². The smallest absolute Gasteiger partial charge is 0.245 e. The van der Waals surface area contributed by atoms with Gasteiger partial charge in [0.25, 0.3) is 0 Å². The maximum Gasteiger partial charge on any atom is 0.245 e. The molecule has 0 radical (unpaired) electrons. The molecule has 1 amide bonds. The van der Waals surface area contributed by atoms with Crippen molar-refractivity contribution in [2.75, 3.05) is 36.1 Å². The lowest BCUT2D eigenvalue weighted by molar-refractivity contribution is -0.114. The van der Waals surface area contributed by atoms with Crippen molar-refractivity contribution in [3.8, 4) is 11.5 Å². The number of hydrogen-bond donors (Lipinski definition) is 1. The molecule has 7 nitrogen and oxygen atoms in total. The molecule has 0 atom stereocenters. The van der Waals surface area contributed by atoms with Crippen molar-refractivity contribution in [3.05, 3.63) is 48.5 Å². The number of nitrogens with zero attached hydrogens (tertiary/aromatic N) is 1. The third-order valence-electron chi connectivity index (χ3n) is 3.73. The van der Waals surface area contributed by atoms with Crippen LogP contribution in [0.2, 0.25) is 0 Å². The normalized spacial score (nSPS) is 10.9. The number of amides is 1. The fraction of sp³-hybridized carbons (Fsp3) is 0.278. The Morgan fingerprint density at radius 3 is 2.27 bits per heavy atom. The zero-order valence-corrected chi connectivity index (χ0v) is 15.7. The van der Waals surface area contributed by atoms with E-state index < -0.39 is 15.9 Å². The summed E-state index contributed by atoms with van der Waals surface area (Å²) in [7, 11) is -0.615. The van der Waals surface area contributed by atoms with Crippen LogP contribution < -0.4 is 19.1 Å². The first-order valence-electron chi connectivity index (χ1n) is 7.98. The summed E-state index contributed by atoms with van der Waals surface area (Å²) in [4.78, 5) is 12.5. The molecule has 0 aliphatic heterocycles. The quantitative estimate of drug-likeness (QED) is 0.763. The van der Waals surface area contributed by atoms with Gasteiger partial charge >= 0.3 is 0 Å². The molecular formula is C18H22N2O5S. The minimum absolute atomic E-state index is 0.124. The van der Waals surface area contributed by atoms with Crippen LogP contribution in [-0.4, -0.2) is 40.8 Å². The van der Waals surface area contributed by atoms with Crippen molar-refractivity contribution in [3.63, 3.8) is 0 Å². The molecule has 2 aromatic carbocycles. The van der Waals surface area contributed by atoms with E-state index in [-0.39, 0.29) is 12.3 Å². The molecule has 140 valence electrons. The van der Waals surface area contributed by atoms with Crippen molar-refractivity contribution in [2.24, 2.45) is 0 Å². The summed E-state index contributed by atoms with van der Waals surface area (Å²) in [5.41, 5.74) is 0.867. The second kappa shape index (κ2) is 8.57. The van der Waals surface area contributed by atoms with E-state index in [9.17, 15) is 13.2 Å². The standard InChI is InChI=1S/C18H22N2O5S/c1-4-26(22,23)20(14-9-11-15(24-2)12-10-14)13-18(21)19-16-7-5-6-8-17(16)25-3/h5-12H,4,13H2,1-3H3,(H,19,21). The zero-order chi connectivity index (χ0) is 19.2. The number of carbonyl (C=O) groups is 1. The van der Waals surface area contributed by atoms with Gasteiger partial charge in [-0.15, -0.1) is 0 Å². The minimum atomic E-state index is -3.64. The summed E-state index contributed by atoms with van der Waals surface area (Å²) >= 11 is 0. The molecule has 0 aliphatic rings. The van der Waals surface area contributed by atoms with Gasteiger partial charge in [-0.3, -0.25) is 9.10 Å². The number of nitrogens with one attached hydrogen (secondary N) is 1. The van der Waals surface area contributed by atoms with Crippen LogP contribution in [0.4, 0.5) is 11.4 Å². The third kappa shape index (κ3) is 4.66. The van der Waals surface area contributed by atoms with E-state index in [1.165, 1.54) is 21.1 Å². The number of sulfonamides is 1. The Morgan fingerprint density at radius 1 is 1.04 bits per heavy atom. The molecule has 2 rings (SSSR count). The number of anilines is 2. The molecule has 0 spiro atoms. The Balaban J connectivity index is 2.25. The van der Waals surface area contributed by atoms with Gasteiger partial charge in [0.2, 0.25) is 15.9 Å². The van der Waals surface area contributed by atoms with Crippen LogP contribution in [0.3, 0.4) is 0 Å². The topological polar surface area (TPSA) is 84.9 Å². The molecule has 26 heavy (non-hydrogen) atoms. The average Bonchev–Trinajstić information content (AvgIpc) is 2.66. The predicted molar refractivity (Wildman–Crippen MR) is 101 cm³/mol. The second-order valence-electron chi connectivity index (χ2n) is 5.35. The summed E-state index contributed by atoms with van der Waals surface area (Å²) in [6, 6.07) is 13.4. The molecule has 0 saturated carbocycles. The predicted octanol–water partition coefficient (Wildman–Crippen LogP) is 2.50. The molecular weight excluding hydrogens is 356 g/mol. The molecule has 0 saturated heterocycles. The van der Waals surface area contributed by atoms with Crippen molar-refractivity contribution in [2.45, 2.75) is 6.92 Å². The van der Waals surface area contributed by atoms with E-state index in [2.05, 4.69) is 5.32 Å². The SMILES string of the molecule is CCS(=O)(=O)N(CC(=O)Nc1ccccc1OC)c1ccc(OC)cc1. The zero-order valence-electron chi connectivity index (χ0n) is 14.9. The van der Waals surface area contributed by atoms with Gasteiger partial charge in [0.1, 0.15) is 18.0 Å². The Kier molecular flexibility index (Phi) is 6.46. The fourth-order valence-corrected chi connectivity index (χ4v) is 3.39. The molecule has 0 heterocycles. The highest BCUT2D eigenvalue weighted by atomic mass is 32.2. The summed E-state index contributed by atoms with van der Waals surface area (Å²) in [6.07, 6.45) is 0. The minimum Gasteiger partial charge on any atom is -0.497 e. The third-order valence-corrected chi connectivity index (χ3v) is 5.47. The lowest BCUT2D eigenvalue weighted by Gasteiger charge is -2.23. The lowest BCUT2D eigenvalue weighted by Crippen LogP contribution is -2.39. The molecule has 2 aromatic rings. The summed E-state index contributed by atoms with van der Waals surface area (Å²) in [5.74, 6) is 0.500. The molecule has 0 unspecified atom stereocenters. The van der Waals surface area contributed by atoms with Crippen LogP contribution in [0.1, 0.15) is 6.92 Å². The number of carbonyl (C=O) groups excluding carboxylic acids is 1. The van der Waals surface area contributed by atoms with Gasteiger partial charge in [-0.1, -0.05) is 12.1 Å². The van der Waals surface area contributed by atoms with Crippen LogP contribution in [-0.2, 0) is 14.8 Å². The molecule has 0 aromatic heterocycles. The van der Waals surface area contributed by atoms with Gasteiger partial charge in [-0.2, -0.15) is 0 Å². The second-order valence-corrected chi connectivity index (χ2v) is 7.54. The van der Waals surface area contributed by atoms with E-state index in [1.54, 1.807) is 48.5 Å². The van der Waals surface area contributed by atoms with Crippen molar-refractivity contribution in [1.29, 1.82) is 0 Å². The molecule has 0 aliphatic carbocycles. The van der Waals surface area contributed by atoms with Gasteiger partial charge in [0.15, 0.2) is 0 Å². The van der Waals surface area contributed by atoms with Gasteiger partial charge in [0, 0.05) is 0 Å². The van der Waals surface area contributed by atoms with E-state index in [1.807, 2.05) is 0 Å². The molecule has 0 fully saturated rings. The van der Waals surface area contributed by atoms with Crippen LogP contribution >= 0.6 is 0 Å². The molecule has 1 N–H and O–H groups in total. The van der Waals surface area contributed by atoms with Gasteiger partial charge < -0.3 is 14.8 Å². The molecule has 0 bridgehead atoms. The Bertz CT molecular complexity index is 850. The maximum absolute atomic E-state index is 12.5. The number of methoxy groups -OCH3 is 2. The van der Waals surface area contributed by atoms with E-state index >= 15 is 0 Å². The van der Waals surface area contributed by atoms with E-state index in [4.69, 9.17) is 9.47 Å². The van der Waals surface area contributed by atoms with Crippen molar-refractivity contribution in [1.82, 2.24) is 0 Å². The largest absolute Gasteiger partial charge is 0.497 e. The molecule has 8 heteroatoms. The van der Waals surface area contributed by atoms with E-state index in [0.717, 1.165) is 4.31 Å². The fourth-order valence-electron chi connectivity index (χ4n) is 2.32. The van der Waals surface area contributed by atoms with Crippen LogP contribution in [0.25, 0.3) is 0 Å². The van der Waals surface area contributed by atoms with Crippen LogP contribution in [0.5, 0.6) is 11.5 Å².